The van der Waals surface area contributed by atoms with Crippen LogP contribution in [0.25, 0.3) is 0 Å². The summed E-state index contributed by atoms with van der Waals surface area (Å²) in [4.78, 5) is 11.8. The lowest BCUT2D eigenvalue weighted by Crippen LogP contribution is -2.15. The van der Waals surface area contributed by atoms with Gasteiger partial charge in [0, 0.05) is 5.56 Å². The van der Waals surface area contributed by atoms with Gasteiger partial charge in [-0.25, -0.2) is 8.78 Å². The van der Waals surface area contributed by atoms with Crippen molar-refractivity contribution in [2.24, 2.45) is 0 Å². The summed E-state index contributed by atoms with van der Waals surface area (Å²) in [5.41, 5.74) is -1.72. The zero-order chi connectivity index (χ0) is 15.6. The van der Waals surface area contributed by atoms with Gasteiger partial charge in [0.15, 0.2) is 0 Å². The molecule has 2 aromatic carbocycles. The van der Waals surface area contributed by atoms with Crippen LogP contribution in [-0.4, -0.2) is 5.91 Å². The maximum atomic E-state index is 13.3. The van der Waals surface area contributed by atoms with Gasteiger partial charge in [-0.15, -0.1) is 0 Å². The molecular weight excluding hydrogens is 293 g/mol. The van der Waals surface area contributed by atoms with E-state index in [1.54, 1.807) is 0 Å². The number of anilines is 1. The Morgan fingerprint density at radius 3 is 1.90 bits per heavy atom. The highest BCUT2D eigenvalue weighted by Crippen LogP contribution is 2.29. The third-order valence-corrected chi connectivity index (χ3v) is 2.68. The molecule has 0 aromatic heterocycles. The van der Waals surface area contributed by atoms with Crippen molar-refractivity contribution in [3.8, 4) is 0 Å². The zero-order valence-corrected chi connectivity index (χ0v) is 10.3. The van der Waals surface area contributed by atoms with Crippen molar-refractivity contribution < 1.29 is 26.7 Å². The largest absolute Gasteiger partial charge is 0.416 e. The fourth-order valence-corrected chi connectivity index (χ4v) is 1.61. The van der Waals surface area contributed by atoms with Crippen LogP contribution >= 0.6 is 0 Å². The third kappa shape index (κ3) is 3.36. The summed E-state index contributed by atoms with van der Waals surface area (Å²) in [5, 5.41) is 1.98. The van der Waals surface area contributed by atoms with E-state index in [2.05, 4.69) is 0 Å². The normalized spacial score (nSPS) is 11.3. The molecule has 0 fully saturated rings. The molecule has 2 nitrogen and oxygen atoms in total. The highest BCUT2D eigenvalue weighted by Gasteiger charge is 2.30. The van der Waals surface area contributed by atoms with Crippen molar-refractivity contribution in [1.82, 2.24) is 0 Å². The van der Waals surface area contributed by atoms with Crippen LogP contribution < -0.4 is 5.32 Å². The SMILES string of the molecule is O=C(Nc1c(F)cccc1F)c1ccc(C(F)(F)F)cc1. The van der Waals surface area contributed by atoms with Gasteiger partial charge in [-0.2, -0.15) is 13.2 Å². The van der Waals surface area contributed by atoms with Crippen LogP contribution in [0.3, 0.4) is 0 Å². The predicted molar refractivity (Wildman–Crippen MR) is 65.8 cm³/mol. The topological polar surface area (TPSA) is 29.1 Å². The molecule has 0 unspecified atom stereocenters. The first-order valence-electron chi connectivity index (χ1n) is 5.71. The van der Waals surface area contributed by atoms with E-state index in [-0.39, 0.29) is 5.56 Å². The first-order chi connectivity index (χ1) is 9.79. The molecule has 21 heavy (non-hydrogen) atoms. The van der Waals surface area contributed by atoms with Crippen LogP contribution in [-0.2, 0) is 6.18 Å². The fraction of sp³-hybridized carbons (Fsp3) is 0.0714. The molecule has 0 saturated carbocycles. The molecule has 2 aromatic rings. The Kier molecular flexibility index (Phi) is 3.93. The van der Waals surface area contributed by atoms with Gasteiger partial charge in [0.1, 0.15) is 17.3 Å². The minimum atomic E-state index is -4.52. The number of benzene rings is 2. The molecule has 0 spiro atoms. The summed E-state index contributed by atoms with van der Waals surface area (Å²) in [6, 6.07) is 6.31. The van der Waals surface area contributed by atoms with Crippen molar-refractivity contribution >= 4 is 11.6 Å². The van der Waals surface area contributed by atoms with Crippen LogP contribution in [0.4, 0.5) is 27.6 Å². The molecule has 0 aliphatic heterocycles. The second-order valence-corrected chi connectivity index (χ2v) is 4.13. The Bertz CT molecular complexity index is 644. The van der Waals surface area contributed by atoms with Gasteiger partial charge in [-0.3, -0.25) is 4.79 Å². The van der Waals surface area contributed by atoms with E-state index in [1.165, 1.54) is 0 Å². The number of nitrogens with one attached hydrogen (secondary N) is 1. The Balaban J connectivity index is 2.21. The van der Waals surface area contributed by atoms with Crippen molar-refractivity contribution in [3.63, 3.8) is 0 Å². The van der Waals surface area contributed by atoms with E-state index in [0.717, 1.165) is 30.3 Å². The lowest BCUT2D eigenvalue weighted by atomic mass is 10.1. The first-order valence-corrected chi connectivity index (χ1v) is 5.71. The van der Waals surface area contributed by atoms with Gasteiger partial charge in [0.25, 0.3) is 5.91 Å². The number of carbonyl (C=O) groups excluding carboxylic acids is 1. The summed E-state index contributed by atoms with van der Waals surface area (Å²) in [5.74, 6) is -2.86. The predicted octanol–water partition coefficient (Wildman–Crippen LogP) is 4.24. The molecule has 0 atom stereocenters. The van der Waals surface area contributed by atoms with E-state index in [1.807, 2.05) is 5.32 Å². The quantitative estimate of drug-likeness (QED) is 0.826. The molecule has 0 bridgehead atoms. The van der Waals surface area contributed by atoms with E-state index in [9.17, 15) is 26.7 Å². The van der Waals surface area contributed by atoms with Crippen LogP contribution in [0.15, 0.2) is 42.5 Å². The number of amides is 1. The van der Waals surface area contributed by atoms with Gasteiger partial charge >= 0.3 is 6.18 Å². The molecule has 0 aliphatic carbocycles. The van der Waals surface area contributed by atoms with Gasteiger partial charge in [-0.1, -0.05) is 6.07 Å². The number of carbonyl (C=O) groups is 1. The molecule has 2 rings (SSSR count). The van der Waals surface area contributed by atoms with Gasteiger partial charge in [0.05, 0.1) is 5.56 Å². The van der Waals surface area contributed by atoms with E-state index in [0.29, 0.717) is 12.1 Å². The van der Waals surface area contributed by atoms with Crippen molar-refractivity contribution in [1.29, 1.82) is 0 Å². The zero-order valence-electron chi connectivity index (χ0n) is 10.3. The van der Waals surface area contributed by atoms with Crippen LogP contribution in [0, 0.1) is 11.6 Å². The van der Waals surface area contributed by atoms with E-state index < -0.39 is 35.0 Å². The Morgan fingerprint density at radius 2 is 1.43 bits per heavy atom. The number of para-hydroxylation sites is 1. The highest BCUT2D eigenvalue weighted by molar-refractivity contribution is 6.04. The van der Waals surface area contributed by atoms with Crippen molar-refractivity contribution in [2.45, 2.75) is 6.18 Å². The third-order valence-electron chi connectivity index (χ3n) is 2.68. The van der Waals surface area contributed by atoms with E-state index in [4.69, 9.17) is 0 Å². The Labute approximate surface area is 116 Å². The number of rotatable bonds is 2. The summed E-state index contributed by atoms with van der Waals surface area (Å²) < 4.78 is 63.8. The summed E-state index contributed by atoms with van der Waals surface area (Å²) in [7, 11) is 0. The van der Waals surface area contributed by atoms with Gasteiger partial charge in [0.2, 0.25) is 0 Å². The minimum Gasteiger partial charge on any atom is -0.317 e. The van der Waals surface area contributed by atoms with Crippen molar-refractivity contribution in [3.05, 3.63) is 65.2 Å². The lowest BCUT2D eigenvalue weighted by Gasteiger charge is -2.09. The molecule has 1 amide bonds. The number of hydrogen-bond donors (Lipinski definition) is 1. The molecular formula is C14H8F5NO. The Morgan fingerprint density at radius 1 is 0.905 bits per heavy atom. The van der Waals surface area contributed by atoms with Crippen LogP contribution in [0.1, 0.15) is 15.9 Å². The van der Waals surface area contributed by atoms with Crippen LogP contribution in [0.2, 0.25) is 0 Å². The highest BCUT2D eigenvalue weighted by atomic mass is 19.4. The number of alkyl halides is 3. The minimum absolute atomic E-state index is 0.148. The standard InChI is InChI=1S/C14H8F5NO/c15-10-2-1-3-11(16)12(10)20-13(21)8-4-6-9(7-5-8)14(17,18)19/h1-7H,(H,20,21). The smallest absolute Gasteiger partial charge is 0.317 e. The van der Waals surface area contributed by atoms with Gasteiger partial charge < -0.3 is 5.32 Å². The molecule has 1 N–H and O–H groups in total. The number of hydrogen-bond acceptors (Lipinski definition) is 1. The monoisotopic (exact) mass is 301 g/mol. The molecule has 0 heterocycles. The second kappa shape index (κ2) is 5.51. The first kappa shape index (κ1) is 15.0. The average molecular weight is 301 g/mol. The number of halogens is 5. The lowest BCUT2D eigenvalue weighted by molar-refractivity contribution is -0.137. The molecule has 110 valence electrons. The summed E-state index contributed by atoms with van der Waals surface area (Å²) in [6.45, 7) is 0. The molecule has 0 radical (unpaired) electrons. The maximum absolute atomic E-state index is 13.3. The molecule has 7 heteroatoms. The summed E-state index contributed by atoms with van der Waals surface area (Å²) in [6.07, 6.45) is -4.52. The summed E-state index contributed by atoms with van der Waals surface area (Å²) >= 11 is 0. The van der Waals surface area contributed by atoms with Crippen molar-refractivity contribution in [2.75, 3.05) is 5.32 Å². The maximum Gasteiger partial charge on any atom is 0.416 e. The Hall–Kier alpha value is -2.44. The van der Waals surface area contributed by atoms with E-state index >= 15 is 0 Å². The van der Waals surface area contributed by atoms with Crippen LogP contribution in [0.5, 0.6) is 0 Å². The van der Waals surface area contributed by atoms with Gasteiger partial charge in [-0.05, 0) is 36.4 Å². The fourth-order valence-electron chi connectivity index (χ4n) is 1.61. The molecule has 0 saturated heterocycles. The average Bonchev–Trinajstić information content (AvgIpc) is 2.42. The molecule has 0 aliphatic rings. The second-order valence-electron chi connectivity index (χ2n) is 4.13.